The van der Waals surface area contributed by atoms with Gasteiger partial charge in [-0.05, 0) is 76.0 Å². The monoisotopic (exact) mass is 498 g/mol. The van der Waals surface area contributed by atoms with Crippen molar-refractivity contribution in [3.8, 4) is 0 Å². The molecule has 0 bridgehead atoms. The Morgan fingerprint density at radius 3 is 2.83 bits per heavy atom. The van der Waals surface area contributed by atoms with Gasteiger partial charge in [0.2, 0.25) is 0 Å². The predicted molar refractivity (Wildman–Crippen MR) is 145 cm³/mol. The number of ketones is 1. The van der Waals surface area contributed by atoms with E-state index in [1.165, 1.54) is 18.4 Å². The maximum Gasteiger partial charge on any atom is 0.187 e. The Bertz CT molecular complexity index is 1480. The summed E-state index contributed by atoms with van der Waals surface area (Å²) < 4.78 is 20.7. The first-order valence-corrected chi connectivity index (χ1v) is 14.1. The zero-order valence-corrected chi connectivity index (χ0v) is 21.2. The molecule has 36 heavy (non-hydrogen) atoms. The van der Waals surface area contributed by atoms with Crippen LogP contribution in [0.15, 0.2) is 76.7 Å². The van der Waals surface area contributed by atoms with Gasteiger partial charge in [-0.1, -0.05) is 50.1 Å². The van der Waals surface area contributed by atoms with Crippen LogP contribution in [0.25, 0.3) is 11.1 Å². The van der Waals surface area contributed by atoms with Gasteiger partial charge in [-0.3, -0.25) is 9.79 Å². The molecule has 3 unspecified atom stereocenters. The number of carbonyl (C=O) groups excluding carboxylic acids is 1. The fraction of sp³-hybridized carbons (Fsp3) is 0.333. The predicted octanol–water partition coefficient (Wildman–Crippen LogP) is 4.17. The van der Waals surface area contributed by atoms with Gasteiger partial charge in [0.05, 0.1) is 17.6 Å². The molecule has 5 nitrogen and oxygen atoms in total. The van der Waals surface area contributed by atoms with Gasteiger partial charge in [-0.2, -0.15) is 0 Å². The van der Waals surface area contributed by atoms with Crippen LogP contribution >= 0.6 is 0 Å². The van der Waals surface area contributed by atoms with Gasteiger partial charge in [-0.15, -0.1) is 0 Å². The van der Waals surface area contributed by atoms with E-state index in [0.717, 1.165) is 62.7 Å². The molecule has 1 aliphatic heterocycles. The van der Waals surface area contributed by atoms with E-state index in [4.69, 9.17) is 0 Å². The fourth-order valence-corrected chi connectivity index (χ4v) is 6.45. The van der Waals surface area contributed by atoms with Gasteiger partial charge >= 0.3 is 0 Å². The first-order valence-electron chi connectivity index (χ1n) is 12.8. The summed E-state index contributed by atoms with van der Waals surface area (Å²) in [5, 5.41) is 5.44. The van der Waals surface area contributed by atoms with Gasteiger partial charge < -0.3 is 9.87 Å². The second kappa shape index (κ2) is 9.41. The Labute approximate surface area is 213 Å². The Kier molecular flexibility index (Phi) is 6.10. The molecule has 4 aliphatic carbocycles. The summed E-state index contributed by atoms with van der Waals surface area (Å²) in [6, 6.07) is 4.27. The second-order valence-corrected chi connectivity index (χ2v) is 11.4. The standard InChI is InChI=1S/C30H30N2O3S/c1-18-3-6-20(11-14-36(34)35)22-9-10-24-29-21(15-19-4-5-19)7-8-23(26-17-31-12-2-13-32-26)25(29)16-27(33)30(24)28(18)22/h2-3,6,8-10,12-13,16-19,21,32H,4-5,7,11,14-15H2,1H3,(H,34,35). The van der Waals surface area contributed by atoms with E-state index in [-0.39, 0.29) is 17.5 Å². The van der Waals surface area contributed by atoms with Crippen molar-refractivity contribution in [1.82, 2.24) is 5.32 Å². The lowest BCUT2D eigenvalue weighted by Crippen LogP contribution is -2.35. The van der Waals surface area contributed by atoms with Gasteiger partial charge in [-0.25, -0.2) is 4.21 Å². The summed E-state index contributed by atoms with van der Waals surface area (Å²) in [5.74, 6) is 1.50. The van der Waals surface area contributed by atoms with E-state index in [2.05, 4.69) is 47.6 Å². The van der Waals surface area contributed by atoms with E-state index in [1.54, 1.807) is 6.21 Å². The van der Waals surface area contributed by atoms with E-state index in [1.807, 2.05) is 24.6 Å². The number of allylic oxidation sites excluding steroid dienone is 6. The lowest BCUT2D eigenvalue weighted by atomic mass is 9.71. The van der Waals surface area contributed by atoms with Crippen LogP contribution < -0.4 is 15.8 Å². The van der Waals surface area contributed by atoms with Crippen LogP contribution in [0.4, 0.5) is 0 Å². The van der Waals surface area contributed by atoms with E-state index in [0.29, 0.717) is 12.3 Å². The van der Waals surface area contributed by atoms with E-state index < -0.39 is 11.1 Å². The van der Waals surface area contributed by atoms with Crippen molar-refractivity contribution in [1.29, 1.82) is 0 Å². The lowest BCUT2D eigenvalue weighted by Gasteiger charge is -2.33. The summed E-state index contributed by atoms with van der Waals surface area (Å²) in [4.78, 5) is 18.2. The van der Waals surface area contributed by atoms with Crippen LogP contribution in [0.3, 0.4) is 0 Å². The molecule has 6 heteroatoms. The number of rotatable bonds is 6. The first-order chi connectivity index (χ1) is 17.5. The zero-order valence-electron chi connectivity index (χ0n) is 20.4. The van der Waals surface area contributed by atoms with Crippen LogP contribution in [-0.2, 0) is 11.1 Å². The molecule has 0 amide bonds. The van der Waals surface area contributed by atoms with Gasteiger partial charge in [0.25, 0.3) is 0 Å². The highest BCUT2D eigenvalue weighted by Gasteiger charge is 2.36. The molecule has 3 atom stereocenters. The zero-order chi connectivity index (χ0) is 24.8. The van der Waals surface area contributed by atoms with Crippen molar-refractivity contribution in [2.24, 2.45) is 16.8 Å². The highest BCUT2D eigenvalue weighted by Crippen LogP contribution is 2.46. The Morgan fingerprint density at radius 1 is 1.19 bits per heavy atom. The van der Waals surface area contributed by atoms with Gasteiger partial charge in [0.1, 0.15) is 0 Å². The molecular formula is C30H30N2O3S. The minimum absolute atomic E-state index is 0.0408. The quantitative estimate of drug-likeness (QED) is 0.577. The Balaban J connectivity index is 1.56. The molecule has 0 radical (unpaired) electrons. The molecule has 1 aromatic carbocycles. The summed E-state index contributed by atoms with van der Waals surface area (Å²) >= 11 is -1.85. The smallest absolute Gasteiger partial charge is 0.187 e. The number of benzene rings is 1. The SMILES string of the molecule is CC1C=CC(CCS(=O)O)=c2ccc3c(c21)C(=O)C=C1C(C2=CN=CC=CN2)=CCC(CC2CC2)C=31. The molecule has 1 saturated carbocycles. The summed E-state index contributed by atoms with van der Waals surface area (Å²) in [6.45, 7) is 2.13. The van der Waals surface area contributed by atoms with Gasteiger partial charge in [0.15, 0.2) is 16.9 Å². The van der Waals surface area contributed by atoms with Crippen LogP contribution in [-0.4, -0.2) is 26.5 Å². The molecule has 2 N–H and O–H groups in total. The summed E-state index contributed by atoms with van der Waals surface area (Å²) in [7, 11) is 0. The topological polar surface area (TPSA) is 78.8 Å². The molecule has 1 fully saturated rings. The van der Waals surface area contributed by atoms with Crippen LogP contribution in [0.1, 0.15) is 60.9 Å². The number of hydrogen-bond acceptors (Lipinski definition) is 4. The van der Waals surface area contributed by atoms with Crippen molar-refractivity contribution >= 4 is 34.2 Å². The maximum atomic E-state index is 13.8. The third-order valence-electron chi connectivity index (χ3n) is 7.90. The number of hydrogen-bond donors (Lipinski definition) is 2. The van der Waals surface area contributed by atoms with Crippen molar-refractivity contribution in [2.45, 2.75) is 44.9 Å². The summed E-state index contributed by atoms with van der Waals surface area (Å²) in [5.41, 5.74) is 7.16. The van der Waals surface area contributed by atoms with Crippen LogP contribution in [0, 0.1) is 11.8 Å². The van der Waals surface area contributed by atoms with Gasteiger partial charge in [0, 0.05) is 29.5 Å². The normalized spacial score (nSPS) is 25.2. The number of nitrogens with zero attached hydrogens (tertiary/aromatic N) is 1. The highest BCUT2D eigenvalue weighted by atomic mass is 32.2. The Morgan fingerprint density at radius 2 is 2.03 bits per heavy atom. The largest absolute Gasteiger partial charge is 0.360 e. The average molecular weight is 499 g/mol. The van der Waals surface area contributed by atoms with Crippen molar-refractivity contribution < 1.29 is 13.6 Å². The van der Waals surface area contributed by atoms with Crippen molar-refractivity contribution in [2.75, 3.05) is 5.75 Å². The van der Waals surface area contributed by atoms with E-state index >= 15 is 0 Å². The third-order valence-corrected chi connectivity index (χ3v) is 8.46. The molecule has 0 spiro atoms. The minimum Gasteiger partial charge on any atom is -0.360 e. The molecule has 6 rings (SSSR count). The van der Waals surface area contributed by atoms with Crippen molar-refractivity contribution in [3.05, 3.63) is 93.3 Å². The fourth-order valence-electron chi connectivity index (χ4n) is 6.06. The molecule has 1 heterocycles. The first kappa shape index (κ1) is 23.3. The molecular weight excluding hydrogens is 468 g/mol. The number of carbonyl (C=O) groups is 1. The van der Waals surface area contributed by atoms with Crippen LogP contribution in [0.5, 0.6) is 0 Å². The molecule has 184 valence electrons. The minimum atomic E-state index is -1.85. The number of nitrogens with one attached hydrogen (secondary N) is 1. The molecule has 0 saturated heterocycles. The summed E-state index contributed by atoms with van der Waals surface area (Å²) in [6.07, 6.45) is 20.8. The molecule has 1 aromatic rings. The van der Waals surface area contributed by atoms with Crippen molar-refractivity contribution in [3.63, 3.8) is 0 Å². The molecule has 0 aromatic heterocycles. The van der Waals surface area contributed by atoms with E-state index in [9.17, 15) is 13.6 Å². The lowest BCUT2D eigenvalue weighted by molar-refractivity contribution is 0.104. The number of aliphatic imine (C=N–C) groups is 1. The molecule has 5 aliphatic rings. The highest BCUT2D eigenvalue weighted by molar-refractivity contribution is 7.79. The number of fused-ring (bicyclic) bond motifs is 4. The third kappa shape index (κ3) is 4.22. The second-order valence-electron chi connectivity index (χ2n) is 10.3. The van der Waals surface area contributed by atoms with Crippen LogP contribution in [0.2, 0.25) is 0 Å². The Hall–Kier alpha value is -3.09. The maximum absolute atomic E-state index is 13.8. The average Bonchev–Trinajstić information content (AvgIpc) is 3.71.